The van der Waals surface area contributed by atoms with Crippen molar-refractivity contribution in [3.8, 4) is 0 Å². The summed E-state index contributed by atoms with van der Waals surface area (Å²) in [6, 6.07) is 2.37. The van der Waals surface area contributed by atoms with E-state index in [1.165, 1.54) is 6.42 Å². The molecule has 5 heteroatoms. The SMILES string of the molecule is CCc1cc(NC2CC(C(=O)N3CCC3)C2)ncn1. The van der Waals surface area contributed by atoms with Crippen molar-refractivity contribution in [2.24, 2.45) is 5.92 Å². The van der Waals surface area contributed by atoms with Gasteiger partial charge in [0.1, 0.15) is 12.1 Å². The summed E-state index contributed by atoms with van der Waals surface area (Å²) in [5.41, 5.74) is 1.05. The molecule has 1 aromatic heterocycles. The van der Waals surface area contributed by atoms with Gasteiger partial charge in [-0.15, -0.1) is 0 Å². The second-order valence-electron chi connectivity index (χ2n) is 5.44. The number of carbonyl (C=O) groups excluding carboxylic acids is 1. The lowest BCUT2D eigenvalue weighted by atomic mass is 9.79. The molecule has 5 nitrogen and oxygen atoms in total. The number of anilines is 1. The maximum Gasteiger partial charge on any atom is 0.225 e. The van der Waals surface area contributed by atoms with Crippen molar-refractivity contribution in [2.45, 2.75) is 38.6 Å². The van der Waals surface area contributed by atoms with Gasteiger partial charge in [0.15, 0.2) is 0 Å². The Morgan fingerprint density at radius 3 is 2.84 bits per heavy atom. The molecule has 102 valence electrons. The Labute approximate surface area is 113 Å². The number of aromatic nitrogens is 2. The Morgan fingerprint density at radius 2 is 2.21 bits per heavy atom. The number of hydrogen-bond donors (Lipinski definition) is 1. The largest absolute Gasteiger partial charge is 0.367 e. The highest BCUT2D eigenvalue weighted by atomic mass is 16.2. The van der Waals surface area contributed by atoms with E-state index in [9.17, 15) is 4.79 Å². The molecular formula is C14H20N4O. The monoisotopic (exact) mass is 260 g/mol. The number of carbonyl (C=O) groups is 1. The zero-order chi connectivity index (χ0) is 13.2. The van der Waals surface area contributed by atoms with Crippen molar-refractivity contribution in [2.75, 3.05) is 18.4 Å². The minimum absolute atomic E-state index is 0.227. The molecule has 1 aromatic rings. The van der Waals surface area contributed by atoms with Crippen LogP contribution in [0.3, 0.4) is 0 Å². The van der Waals surface area contributed by atoms with Crippen molar-refractivity contribution in [3.05, 3.63) is 18.1 Å². The molecule has 0 bridgehead atoms. The average Bonchev–Trinajstić information content (AvgIpc) is 2.31. The number of amides is 1. The first-order chi connectivity index (χ1) is 9.26. The summed E-state index contributed by atoms with van der Waals surface area (Å²) >= 11 is 0. The van der Waals surface area contributed by atoms with Crippen molar-refractivity contribution < 1.29 is 4.79 Å². The van der Waals surface area contributed by atoms with E-state index in [0.29, 0.717) is 11.9 Å². The van der Waals surface area contributed by atoms with Gasteiger partial charge in [0.05, 0.1) is 0 Å². The standard InChI is InChI=1S/C14H20N4O/c1-2-11-8-13(16-9-15-11)17-12-6-10(7-12)14(19)18-4-3-5-18/h8-10,12H,2-7H2,1H3,(H,15,16,17). The number of aryl methyl sites for hydroxylation is 1. The summed E-state index contributed by atoms with van der Waals surface area (Å²) in [4.78, 5) is 22.4. The molecule has 1 aliphatic heterocycles. The van der Waals surface area contributed by atoms with Crippen LogP contribution < -0.4 is 5.32 Å². The van der Waals surface area contributed by atoms with Gasteiger partial charge in [-0.05, 0) is 25.7 Å². The topological polar surface area (TPSA) is 58.1 Å². The Kier molecular flexibility index (Phi) is 3.36. The molecule has 3 rings (SSSR count). The van der Waals surface area contributed by atoms with E-state index in [2.05, 4.69) is 22.2 Å². The predicted octanol–water partition coefficient (Wildman–Crippen LogP) is 1.46. The zero-order valence-corrected chi connectivity index (χ0v) is 11.3. The maximum absolute atomic E-state index is 12.0. The first-order valence-electron chi connectivity index (χ1n) is 7.12. The third-order valence-electron chi connectivity index (χ3n) is 4.09. The van der Waals surface area contributed by atoms with Gasteiger partial charge in [0.25, 0.3) is 0 Å². The van der Waals surface area contributed by atoms with E-state index in [-0.39, 0.29) is 5.92 Å². The molecule has 0 unspecified atom stereocenters. The van der Waals surface area contributed by atoms with Crippen LogP contribution in [0.1, 0.15) is 31.9 Å². The number of nitrogens with one attached hydrogen (secondary N) is 1. The first kappa shape index (κ1) is 12.4. The minimum atomic E-state index is 0.227. The molecule has 1 N–H and O–H groups in total. The van der Waals surface area contributed by atoms with Crippen LogP contribution in [0.4, 0.5) is 5.82 Å². The molecular weight excluding hydrogens is 240 g/mol. The van der Waals surface area contributed by atoms with Crippen molar-refractivity contribution in [1.82, 2.24) is 14.9 Å². The van der Waals surface area contributed by atoms with Gasteiger partial charge in [0.2, 0.25) is 5.91 Å². The highest BCUT2D eigenvalue weighted by Gasteiger charge is 2.38. The van der Waals surface area contributed by atoms with Crippen LogP contribution in [-0.2, 0) is 11.2 Å². The van der Waals surface area contributed by atoms with E-state index in [0.717, 1.165) is 43.9 Å². The third kappa shape index (κ3) is 2.55. The van der Waals surface area contributed by atoms with E-state index in [4.69, 9.17) is 0 Å². The highest BCUT2D eigenvalue weighted by molar-refractivity contribution is 5.80. The van der Waals surface area contributed by atoms with E-state index < -0.39 is 0 Å². The lowest BCUT2D eigenvalue weighted by Gasteiger charge is -2.41. The van der Waals surface area contributed by atoms with Gasteiger partial charge in [-0.1, -0.05) is 6.92 Å². The molecule has 0 spiro atoms. The number of likely N-dealkylation sites (tertiary alicyclic amines) is 1. The molecule has 1 aliphatic carbocycles. The van der Waals surface area contributed by atoms with Crippen LogP contribution in [0.2, 0.25) is 0 Å². The Bertz CT molecular complexity index is 466. The smallest absolute Gasteiger partial charge is 0.225 e. The lowest BCUT2D eigenvalue weighted by Crippen LogP contribution is -2.50. The quantitative estimate of drug-likeness (QED) is 0.890. The molecule has 1 saturated heterocycles. The highest BCUT2D eigenvalue weighted by Crippen LogP contribution is 2.32. The van der Waals surface area contributed by atoms with Gasteiger partial charge < -0.3 is 10.2 Å². The number of nitrogens with zero attached hydrogens (tertiary/aromatic N) is 3. The maximum atomic E-state index is 12.0. The van der Waals surface area contributed by atoms with E-state index >= 15 is 0 Å². The fourth-order valence-electron chi connectivity index (χ4n) is 2.61. The van der Waals surface area contributed by atoms with Crippen LogP contribution in [0.25, 0.3) is 0 Å². The fraction of sp³-hybridized carbons (Fsp3) is 0.643. The zero-order valence-electron chi connectivity index (χ0n) is 11.3. The molecule has 2 fully saturated rings. The minimum Gasteiger partial charge on any atom is -0.367 e. The van der Waals surface area contributed by atoms with Gasteiger partial charge in [-0.2, -0.15) is 0 Å². The second-order valence-corrected chi connectivity index (χ2v) is 5.44. The summed E-state index contributed by atoms with van der Waals surface area (Å²) in [5, 5.41) is 3.39. The average molecular weight is 260 g/mol. The van der Waals surface area contributed by atoms with E-state index in [1.807, 2.05) is 11.0 Å². The van der Waals surface area contributed by atoms with Crippen molar-refractivity contribution in [3.63, 3.8) is 0 Å². The molecule has 0 atom stereocenters. The Balaban J connectivity index is 1.49. The third-order valence-corrected chi connectivity index (χ3v) is 4.09. The number of hydrogen-bond acceptors (Lipinski definition) is 4. The second kappa shape index (κ2) is 5.15. The first-order valence-corrected chi connectivity index (χ1v) is 7.12. The van der Waals surface area contributed by atoms with Crippen molar-refractivity contribution in [1.29, 1.82) is 0 Å². The summed E-state index contributed by atoms with van der Waals surface area (Å²) in [6.07, 6.45) is 5.54. The van der Waals surface area contributed by atoms with E-state index in [1.54, 1.807) is 6.33 Å². The van der Waals surface area contributed by atoms with Crippen molar-refractivity contribution >= 4 is 11.7 Å². The van der Waals surface area contributed by atoms with Crippen LogP contribution in [-0.4, -0.2) is 39.9 Å². The molecule has 0 aromatic carbocycles. The van der Waals surface area contributed by atoms with Crippen LogP contribution in [0.5, 0.6) is 0 Å². The number of rotatable bonds is 4. The normalized spacial score (nSPS) is 25.4. The summed E-state index contributed by atoms with van der Waals surface area (Å²) in [7, 11) is 0. The van der Waals surface area contributed by atoms with Crippen LogP contribution in [0.15, 0.2) is 12.4 Å². The summed E-state index contributed by atoms with van der Waals surface area (Å²) < 4.78 is 0. The molecule has 1 saturated carbocycles. The molecule has 2 heterocycles. The molecule has 2 aliphatic rings. The van der Waals surface area contributed by atoms with Gasteiger partial charge in [-0.3, -0.25) is 4.79 Å². The van der Waals surface area contributed by atoms with Gasteiger partial charge in [0, 0.05) is 36.8 Å². The summed E-state index contributed by atoms with van der Waals surface area (Å²) in [6.45, 7) is 4.00. The Hall–Kier alpha value is -1.65. The molecule has 1 amide bonds. The van der Waals surface area contributed by atoms with Gasteiger partial charge >= 0.3 is 0 Å². The Morgan fingerprint density at radius 1 is 1.42 bits per heavy atom. The lowest BCUT2D eigenvalue weighted by molar-refractivity contribution is -0.142. The molecule has 19 heavy (non-hydrogen) atoms. The van der Waals surface area contributed by atoms with Crippen LogP contribution in [0, 0.1) is 5.92 Å². The predicted molar refractivity (Wildman–Crippen MR) is 72.7 cm³/mol. The fourth-order valence-corrected chi connectivity index (χ4v) is 2.61. The van der Waals surface area contributed by atoms with Gasteiger partial charge in [-0.25, -0.2) is 9.97 Å². The van der Waals surface area contributed by atoms with Crippen LogP contribution >= 0.6 is 0 Å². The molecule has 0 radical (unpaired) electrons. The summed E-state index contributed by atoms with van der Waals surface area (Å²) in [5.74, 6) is 1.46.